The lowest BCUT2D eigenvalue weighted by Crippen LogP contribution is -2.35. The molecule has 3 nitrogen and oxygen atoms in total. The van der Waals surface area contributed by atoms with Crippen molar-refractivity contribution >= 4 is 12.6 Å². The molecule has 0 amide bonds. The van der Waals surface area contributed by atoms with Crippen LogP contribution >= 0.6 is 0 Å². The Bertz CT molecular complexity index is 1600. The predicted molar refractivity (Wildman–Crippen MR) is 183 cm³/mol. The van der Waals surface area contributed by atoms with E-state index < -0.39 is 5.41 Å². The largest absolute Gasteiger partial charge is 0.494 e. The Balaban J connectivity index is 1.41. The molecule has 0 spiro atoms. The molecule has 0 N–H and O–H groups in total. The number of fused-ring (bicyclic) bond motifs is 3. The van der Waals surface area contributed by atoms with Crippen LogP contribution in [-0.2, 0) is 14.7 Å². The Morgan fingerprint density at radius 2 is 1.34 bits per heavy atom. The molecule has 1 saturated heterocycles. The van der Waals surface area contributed by atoms with Crippen molar-refractivity contribution < 1.29 is 14.0 Å². The second-order valence-electron chi connectivity index (χ2n) is 13.6. The minimum Gasteiger partial charge on any atom is -0.494 e. The van der Waals surface area contributed by atoms with Gasteiger partial charge in [-0.2, -0.15) is 0 Å². The first-order valence-corrected chi connectivity index (χ1v) is 16.6. The molecule has 2 unspecified atom stereocenters. The SMILES string of the molecule is Cc1ccc(C)c(C2(c3ccc(OCCC(C)CCCC(C)C)cc3)c3cc(C)ccc3-c3ccc(B4OCCO4)cc32)c1. The highest BCUT2D eigenvalue weighted by Gasteiger charge is 2.47. The van der Waals surface area contributed by atoms with Crippen molar-refractivity contribution in [1.29, 1.82) is 0 Å². The molecule has 228 valence electrons. The molecular formula is C40H47BO3. The van der Waals surface area contributed by atoms with Crippen molar-refractivity contribution in [2.24, 2.45) is 11.8 Å². The minimum atomic E-state index is -0.481. The highest BCUT2D eigenvalue weighted by atomic mass is 16.6. The molecule has 2 aliphatic rings. The molecule has 1 heterocycles. The van der Waals surface area contributed by atoms with Gasteiger partial charge in [0.1, 0.15) is 5.75 Å². The van der Waals surface area contributed by atoms with Crippen LogP contribution in [0.15, 0.2) is 78.9 Å². The van der Waals surface area contributed by atoms with Crippen molar-refractivity contribution in [2.75, 3.05) is 19.8 Å². The van der Waals surface area contributed by atoms with Crippen molar-refractivity contribution in [3.05, 3.63) is 118 Å². The van der Waals surface area contributed by atoms with Crippen molar-refractivity contribution in [3.63, 3.8) is 0 Å². The maximum atomic E-state index is 6.31. The molecular weight excluding hydrogens is 539 g/mol. The van der Waals surface area contributed by atoms with Crippen LogP contribution < -0.4 is 10.2 Å². The third-order valence-corrected chi connectivity index (χ3v) is 9.65. The first-order chi connectivity index (χ1) is 21.3. The summed E-state index contributed by atoms with van der Waals surface area (Å²) in [6.45, 7) is 15.6. The highest BCUT2D eigenvalue weighted by Crippen LogP contribution is 2.57. The Hall–Kier alpha value is -3.34. The molecule has 6 rings (SSSR count). The van der Waals surface area contributed by atoms with Gasteiger partial charge in [-0.05, 0) is 95.6 Å². The Morgan fingerprint density at radius 3 is 2.05 bits per heavy atom. The van der Waals surface area contributed by atoms with Gasteiger partial charge in [0.25, 0.3) is 0 Å². The maximum Gasteiger partial charge on any atom is 0.494 e. The summed E-state index contributed by atoms with van der Waals surface area (Å²) in [5.74, 6) is 2.39. The lowest BCUT2D eigenvalue weighted by molar-refractivity contribution is 0.275. The quantitative estimate of drug-likeness (QED) is 0.145. The number of benzene rings is 4. The average molecular weight is 587 g/mol. The van der Waals surface area contributed by atoms with E-state index in [4.69, 9.17) is 14.0 Å². The molecule has 0 saturated carbocycles. The van der Waals surface area contributed by atoms with Gasteiger partial charge < -0.3 is 14.0 Å². The number of ether oxygens (including phenoxy) is 1. The molecule has 44 heavy (non-hydrogen) atoms. The number of aryl methyl sites for hydroxylation is 3. The van der Waals surface area contributed by atoms with Gasteiger partial charge >= 0.3 is 7.12 Å². The van der Waals surface area contributed by atoms with Gasteiger partial charge in [0, 0.05) is 0 Å². The third kappa shape index (κ3) is 5.87. The van der Waals surface area contributed by atoms with E-state index in [0.29, 0.717) is 19.1 Å². The zero-order chi connectivity index (χ0) is 30.8. The summed E-state index contributed by atoms with van der Waals surface area (Å²) in [6.07, 6.45) is 4.97. The van der Waals surface area contributed by atoms with Crippen LogP contribution in [0.1, 0.15) is 85.4 Å². The highest BCUT2D eigenvalue weighted by molar-refractivity contribution is 6.61. The van der Waals surface area contributed by atoms with E-state index in [1.165, 1.54) is 69.3 Å². The van der Waals surface area contributed by atoms with Gasteiger partial charge in [-0.25, -0.2) is 0 Å². The van der Waals surface area contributed by atoms with E-state index >= 15 is 0 Å². The Morgan fingerprint density at radius 1 is 0.705 bits per heavy atom. The fourth-order valence-corrected chi connectivity index (χ4v) is 7.25. The fraction of sp³-hybridized carbons (Fsp3) is 0.400. The molecule has 4 aromatic rings. The van der Waals surface area contributed by atoms with Crippen LogP contribution in [-0.4, -0.2) is 26.9 Å². The van der Waals surface area contributed by atoms with Crippen molar-refractivity contribution in [3.8, 4) is 16.9 Å². The van der Waals surface area contributed by atoms with Crippen LogP contribution in [0.4, 0.5) is 0 Å². The first kappa shape index (κ1) is 30.7. The molecule has 1 aliphatic heterocycles. The van der Waals surface area contributed by atoms with E-state index in [9.17, 15) is 0 Å². The van der Waals surface area contributed by atoms with Gasteiger partial charge in [0.05, 0.1) is 25.2 Å². The fourth-order valence-electron chi connectivity index (χ4n) is 7.25. The van der Waals surface area contributed by atoms with Gasteiger partial charge in [0.2, 0.25) is 0 Å². The molecule has 4 heteroatoms. The topological polar surface area (TPSA) is 27.7 Å². The normalized spacial score (nSPS) is 18.0. The molecule has 1 fully saturated rings. The average Bonchev–Trinajstić information content (AvgIpc) is 3.64. The molecule has 1 aliphatic carbocycles. The number of rotatable bonds is 11. The molecule has 4 aromatic carbocycles. The number of hydrogen-bond acceptors (Lipinski definition) is 3. The molecule has 0 radical (unpaired) electrons. The van der Waals surface area contributed by atoms with Gasteiger partial charge in [-0.3, -0.25) is 0 Å². The molecule has 0 aromatic heterocycles. The second kappa shape index (κ2) is 13.0. The lowest BCUT2D eigenvalue weighted by Gasteiger charge is -2.36. The summed E-state index contributed by atoms with van der Waals surface area (Å²) >= 11 is 0. The summed E-state index contributed by atoms with van der Waals surface area (Å²) in [5.41, 5.74) is 12.1. The van der Waals surface area contributed by atoms with Crippen LogP contribution in [0.3, 0.4) is 0 Å². The van der Waals surface area contributed by atoms with Crippen LogP contribution in [0, 0.1) is 32.6 Å². The number of hydrogen-bond donors (Lipinski definition) is 0. The third-order valence-electron chi connectivity index (χ3n) is 9.65. The van der Waals surface area contributed by atoms with E-state index in [1.54, 1.807) is 0 Å². The van der Waals surface area contributed by atoms with Crippen LogP contribution in [0.5, 0.6) is 5.75 Å². The minimum absolute atomic E-state index is 0.328. The Kier molecular flexibility index (Phi) is 9.03. The van der Waals surface area contributed by atoms with Gasteiger partial charge in [-0.1, -0.05) is 118 Å². The molecule has 0 bridgehead atoms. The van der Waals surface area contributed by atoms with E-state index in [2.05, 4.69) is 120 Å². The zero-order valence-corrected chi connectivity index (χ0v) is 27.4. The Labute approximate surface area is 265 Å². The smallest absolute Gasteiger partial charge is 0.494 e. The maximum absolute atomic E-state index is 6.31. The van der Waals surface area contributed by atoms with Gasteiger partial charge in [0.15, 0.2) is 0 Å². The van der Waals surface area contributed by atoms with Crippen molar-refractivity contribution in [2.45, 2.75) is 72.6 Å². The lowest BCUT2D eigenvalue weighted by atomic mass is 9.65. The standard InChI is InChI=1S/C40H47BO3/c1-27(2)8-7-9-28(3)20-21-42-34-16-13-32(14-17-34)40(37-24-29(4)10-12-31(37)6)38-25-30(5)11-18-35(38)36-19-15-33(26-39(36)40)41-43-22-23-44-41/h10-19,24-28H,7-9,20-23H2,1-6H3. The second-order valence-corrected chi connectivity index (χ2v) is 13.6. The summed E-state index contributed by atoms with van der Waals surface area (Å²) in [7, 11) is -0.328. The monoisotopic (exact) mass is 586 g/mol. The van der Waals surface area contributed by atoms with E-state index in [1.807, 2.05) is 0 Å². The van der Waals surface area contributed by atoms with Crippen LogP contribution in [0.25, 0.3) is 11.1 Å². The van der Waals surface area contributed by atoms with Gasteiger partial charge in [-0.15, -0.1) is 0 Å². The van der Waals surface area contributed by atoms with Crippen LogP contribution in [0.2, 0.25) is 0 Å². The first-order valence-electron chi connectivity index (χ1n) is 16.6. The summed E-state index contributed by atoms with van der Waals surface area (Å²) < 4.78 is 18.3. The van der Waals surface area contributed by atoms with Crippen molar-refractivity contribution in [1.82, 2.24) is 0 Å². The summed E-state index contributed by atoms with van der Waals surface area (Å²) in [6, 6.07) is 29.5. The van der Waals surface area contributed by atoms with E-state index in [0.717, 1.165) is 30.2 Å². The zero-order valence-electron chi connectivity index (χ0n) is 27.4. The predicted octanol–water partition coefficient (Wildman–Crippen LogP) is 8.95. The summed E-state index contributed by atoms with van der Waals surface area (Å²) in [5, 5.41) is 0. The summed E-state index contributed by atoms with van der Waals surface area (Å²) in [4.78, 5) is 0. The van der Waals surface area contributed by atoms with E-state index in [-0.39, 0.29) is 7.12 Å². The molecule has 2 atom stereocenters.